The highest BCUT2D eigenvalue weighted by Gasteiger charge is 2.32. The van der Waals surface area contributed by atoms with Gasteiger partial charge in [-0.25, -0.2) is 24.3 Å². The molecule has 4 aromatic rings. The average Bonchev–Trinajstić information content (AvgIpc) is 2.89. The predicted molar refractivity (Wildman–Crippen MR) is 131 cm³/mol. The van der Waals surface area contributed by atoms with Crippen molar-refractivity contribution < 1.29 is 9.18 Å². The first-order chi connectivity index (χ1) is 17.1. The number of anilines is 3. The Hall–Kier alpha value is -4.40. The quantitative estimate of drug-likeness (QED) is 0.433. The lowest BCUT2D eigenvalue weighted by atomic mass is 9.93. The monoisotopic (exact) mass is 469 g/mol. The Morgan fingerprint density at radius 2 is 1.83 bits per heavy atom. The van der Waals surface area contributed by atoms with Gasteiger partial charge in [0.05, 0.1) is 11.7 Å². The maximum atomic E-state index is 13.7. The highest BCUT2D eigenvalue weighted by Crippen LogP contribution is 2.37. The maximum Gasteiger partial charge on any atom is 0.254 e. The molecule has 5 rings (SSSR count). The van der Waals surface area contributed by atoms with Crippen LogP contribution in [-0.4, -0.2) is 37.3 Å². The number of carbonyl (C=O) groups is 1. The van der Waals surface area contributed by atoms with E-state index in [1.165, 1.54) is 12.1 Å². The van der Waals surface area contributed by atoms with Gasteiger partial charge in [-0.1, -0.05) is 18.2 Å². The first-order valence-corrected chi connectivity index (χ1v) is 11.4. The second kappa shape index (κ2) is 9.84. The number of likely N-dealkylation sites (tertiary alicyclic amines) is 1. The fraction of sp³-hybridized carbons (Fsp3) is 0.192. The number of hydrogen-bond acceptors (Lipinski definition) is 7. The summed E-state index contributed by atoms with van der Waals surface area (Å²) >= 11 is 0. The van der Waals surface area contributed by atoms with Crippen LogP contribution in [0.1, 0.15) is 41.4 Å². The van der Waals surface area contributed by atoms with Crippen LogP contribution in [0.2, 0.25) is 0 Å². The third-order valence-corrected chi connectivity index (χ3v) is 6.00. The van der Waals surface area contributed by atoms with Crippen LogP contribution in [-0.2, 0) is 0 Å². The van der Waals surface area contributed by atoms with Gasteiger partial charge in [0.25, 0.3) is 5.91 Å². The summed E-state index contributed by atoms with van der Waals surface area (Å²) < 4.78 is 13.5. The molecule has 35 heavy (non-hydrogen) atoms. The molecule has 0 saturated carbocycles. The number of amides is 1. The van der Waals surface area contributed by atoms with Crippen LogP contribution in [0.25, 0.3) is 11.1 Å². The first-order valence-electron chi connectivity index (χ1n) is 11.4. The number of nitrogens with two attached hydrogens (primary N) is 1. The van der Waals surface area contributed by atoms with Gasteiger partial charge in [0.1, 0.15) is 5.82 Å². The van der Waals surface area contributed by atoms with E-state index in [-0.39, 0.29) is 23.7 Å². The zero-order valence-corrected chi connectivity index (χ0v) is 18.9. The summed E-state index contributed by atoms with van der Waals surface area (Å²) in [7, 11) is 0. The van der Waals surface area contributed by atoms with E-state index in [1.54, 1.807) is 48.9 Å². The molecular formula is C26H24FN7O. The third-order valence-electron chi connectivity index (χ3n) is 6.00. The molecule has 0 bridgehead atoms. The number of nitrogens with zero attached hydrogens (tertiary/aromatic N) is 5. The van der Waals surface area contributed by atoms with E-state index in [9.17, 15) is 9.18 Å². The van der Waals surface area contributed by atoms with Gasteiger partial charge in [0.2, 0.25) is 11.9 Å². The molecule has 1 aliphatic heterocycles. The fourth-order valence-electron chi connectivity index (χ4n) is 4.36. The number of rotatable bonds is 5. The number of nitrogen functional groups attached to an aromatic ring is 1. The molecule has 9 heteroatoms. The second-order valence-electron chi connectivity index (χ2n) is 8.32. The van der Waals surface area contributed by atoms with E-state index in [4.69, 9.17) is 5.73 Å². The molecule has 1 amide bonds. The van der Waals surface area contributed by atoms with Crippen LogP contribution >= 0.6 is 0 Å². The molecule has 1 aliphatic rings. The largest absolute Gasteiger partial charge is 0.368 e. The number of halogens is 1. The van der Waals surface area contributed by atoms with E-state index < -0.39 is 0 Å². The predicted octanol–water partition coefficient (Wildman–Crippen LogP) is 4.77. The van der Waals surface area contributed by atoms with Crippen LogP contribution in [0.5, 0.6) is 0 Å². The molecule has 3 heterocycles. The molecule has 3 N–H and O–H groups in total. The molecule has 0 spiro atoms. The molecule has 1 unspecified atom stereocenters. The Bertz CT molecular complexity index is 1330. The SMILES string of the molecule is Nc1ncc(-c2ccc(F)cc2)c(C2CCCCN2C(=O)c2cccc(Nc3ncccn3)c2)n1. The molecule has 1 atom stereocenters. The first kappa shape index (κ1) is 22.4. The summed E-state index contributed by atoms with van der Waals surface area (Å²) in [6, 6.07) is 14.9. The van der Waals surface area contributed by atoms with Crippen LogP contribution in [0, 0.1) is 5.82 Å². The Morgan fingerprint density at radius 3 is 2.63 bits per heavy atom. The molecule has 1 saturated heterocycles. The standard InChI is InChI=1S/C26H24FN7O/c27-19-10-8-17(9-11-19)21-16-31-25(28)33-23(21)22-7-1-2-14-34(22)24(35)18-5-3-6-20(15-18)32-26-29-12-4-13-30-26/h3-6,8-13,15-16,22H,1-2,7,14H2,(H2,28,31,33)(H,29,30,32). The normalized spacial score (nSPS) is 15.6. The van der Waals surface area contributed by atoms with Gasteiger partial charge >= 0.3 is 0 Å². The summed E-state index contributed by atoms with van der Waals surface area (Å²) in [4.78, 5) is 32.6. The van der Waals surface area contributed by atoms with Gasteiger partial charge in [0.15, 0.2) is 0 Å². The fourth-order valence-corrected chi connectivity index (χ4v) is 4.36. The van der Waals surface area contributed by atoms with Crippen molar-refractivity contribution in [2.45, 2.75) is 25.3 Å². The van der Waals surface area contributed by atoms with E-state index in [1.807, 2.05) is 17.0 Å². The van der Waals surface area contributed by atoms with Crippen molar-refractivity contribution >= 4 is 23.5 Å². The van der Waals surface area contributed by atoms with E-state index in [0.29, 0.717) is 29.4 Å². The van der Waals surface area contributed by atoms with Crippen molar-refractivity contribution in [2.75, 3.05) is 17.6 Å². The number of benzene rings is 2. The zero-order valence-electron chi connectivity index (χ0n) is 18.9. The molecular weight excluding hydrogens is 445 g/mol. The number of aromatic nitrogens is 4. The second-order valence-corrected chi connectivity index (χ2v) is 8.32. The molecule has 1 fully saturated rings. The van der Waals surface area contributed by atoms with Gasteiger partial charge < -0.3 is 16.0 Å². The van der Waals surface area contributed by atoms with Gasteiger partial charge in [0, 0.05) is 41.9 Å². The Kier molecular flexibility index (Phi) is 6.30. The van der Waals surface area contributed by atoms with Gasteiger partial charge in [-0.05, 0) is 61.2 Å². The van der Waals surface area contributed by atoms with Crippen molar-refractivity contribution in [3.63, 3.8) is 0 Å². The summed E-state index contributed by atoms with van der Waals surface area (Å²) in [6.45, 7) is 0.593. The molecule has 8 nitrogen and oxygen atoms in total. The van der Waals surface area contributed by atoms with Crippen LogP contribution in [0.3, 0.4) is 0 Å². The zero-order chi connectivity index (χ0) is 24.2. The Balaban J connectivity index is 1.47. The van der Waals surface area contributed by atoms with Crippen molar-refractivity contribution in [1.29, 1.82) is 0 Å². The van der Waals surface area contributed by atoms with Crippen LogP contribution < -0.4 is 11.1 Å². The summed E-state index contributed by atoms with van der Waals surface area (Å²) in [6.07, 6.45) is 7.53. The van der Waals surface area contributed by atoms with Gasteiger partial charge in [-0.15, -0.1) is 0 Å². The molecule has 176 valence electrons. The van der Waals surface area contributed by atoms with Crippen LogP contribution in [0.4, 0.5) is 22.0 Å². The maximum absolute atomic E-state index is 13.7. The number of nitrogens with one attached hydrogen (secondary N) is 1. The highest BCUT2D eigenvalue weighted by atomic mass is 19.1. The minimum Gasteiger partial charge on any atom is -0.368 e. The lowest BCUT2D eigenvalue weighted by molar-refractivity contribution is 0.0607. The minimum absolute atomic E-state index is 0.102. The van der Waals surface area contributed by atoms with E-state index in [2.05, 4.69) is 25.3 Å². The molecule has 0 aliphatic carbocycles. The van der Waals surface area contributed by atoms with Gasteiger partial charge in [-0.2, -0.15) is 0 Å². The lowest BCUT2D eigenvalue weighted by Gasteiger charge is -2.36. The molecule has 2 aromatic carbocycles. The number of carbonyl (C=O) groups excluding carboxylic acids is 1. The topological polar surface area (TPSA) is 110 Å². The smallest absolute Gasteiger partial charge is 0.254 e. The van der Waals surface area contributed by atoms with Crippen molar-refractivity contribution in [3.05, 3.63) is 90.3 Å². The third kappa shape index (κ3) is 4.93. The summed E-state index contributed by atoms with van der Waals surface area (Å²) in [5.41, 5.74) is 9.40. The Morgan fingerprint density at radius 1 is 1.03 bits per heavy atom. The van der Waals surface area contributed by atoms with Crippen molar-refractivity contribution in [1.82, 2.24) is 24.8 Å². The number of hydrogen-bond donors (Lipinski definition) is 2. The number of piperidine rings is 1. The summed E-state index contributed by atoms with van der Waals surface area (Å²) in [5, 5.41) is 3.13. The van der Waals surface area contributed by atoms with Crippen molar-refractivity contribution in [3.8, 4) is 11.1 Å². The van der Waals surface area contributed by atoms with Crippen molar-refractivity contribution in [2.24, 2.45) is 0 Å². The van der Waals surface area contributed by atoms with E-state index >= 15 is 0 Å². The highest BCUT2D eigenvalue weighted by molar-refractivity contribution is 5.95. The summed E-state index contributed by atoms with van der Waals surface area (Å²) in [5.74, 6) is 0.163. The van der Waals surface area contributed by atoms with Crippen LogP contribution in [0.15, 0.2) is 73.2 Å². The average molecular weight is 470 g/mol. The van der Waals surface area contributed by atoms with E-state index in [0.717, 1.165) is 30.4 Å². The molecule has 2 aromatic heterocycles. The minimum atomic E-state index is -0.324. The van der Waals surface area contributed by atoms with Gasteiger partial charge in [-0.3, -0.25) is 4.79 Å². The lowest BCUT2D eigenvalue weighted by Crippen LogP contribution is -2.39. The molecule has 0 radical (unpaired) electrons. The Labute approximate surface area is 202 Å².